The number of nitrogens with one attached hydrogen (secondary N) is 1. The molecule has 6 aromatic carbocycles. The Balaban J connectivity index is 1.42. The van der Waals surface area contributed by atoms with Crippen molar-refractivity contribution in [3.63, 3.8) is 0 Å². The molecule has 0 saturated carbocycles. The van der Waals surface area contributed by atoms with Crippen molar-refractivity contribution in [2.45, 2.75) is 25.9 Å². The van der Waals surface area contributed by atoms with Gasteiger partial charge in [-0.25, -0.2) is 0 Å². The molecule has 0 bridgehead atoms. The molecule has 5 nitrogen and oxygen atoms in total. The van der Waals surface area contributed by atoms with Crippen LogP contribution in [0.3, 0.4) is 0 Å². The van der Waals surface area contributed by atoms with Gasteiger partial charge in [0, 0.05) is 16.7 Å². The van der Waals surface area contributed by atoms with Gasteiger partial charge in [0.2, 0.25) is 0 Å². The highest BCUT2D eigenvalue weighted by Gasteiger charge is 2.32. The van der Waals surface area contributed by atoms with Crippen LogP contribution in [-0.4, -0.2) is 22.6 Å². The van der Waals surface area contributed by atoms with Crippen LogP contribution in [0.5, 0.6) is 0 Å². The van der Waals surface area contributed by atoms with Gasteiger partial charge in [-0.3, -0.25) is 19.3 Å². The molecule has 6 aromatic rings. The van der Waals surface area contributed by atoms with E-state index in [9.17, 15) is 14.4 Å². The number of carbonyl (C=O) groups excluding carboxylic acids is 3. The van der Waals surface area contributed by atoms with Gasteiger partial charge in [-0.15, -0.1) is 0 Å². The summed E-state index contributed by atoms with van der Waals surface area (Å²) in [6.45, 7) is 3.81. The third kappa shape index (κ3) is 5.48. The summed E-state index contributed by atoms with van der Waals surface area (Å²) in [5.41, 5.74) is 3.10. The first-order valence-corrected chi connectivity index (χ1v) is 14.7. The molecule has 0 aliphatic heterocycles. The first-order chi connectivity index (χ1) is 21.4. The van der Waals surface area contributed by atoms with Crippen LogP contribution in [0.4, 0.5) is 0 Å². The molecule has 0 radical (unpaired) electrons. The predicted molar refractivity (Wildman–Crippen MR) is 176 cm³/mol. The molecule has 6 rings (SSSR count). The normalized spacial score (nSPS) is 12.4. The summed E-state index contributed by atoms with van der Waals surface area (Å²) in [6, 6.07) is 42.5. The summed E-state index contributed by atoms with van der Waals surface area (Å²) in [5, 5.41) is 6.03. The maximum atomic E-state index is 14.6. The van der Waals surface area contributed by atoms with Crippen molar-refractivity contribution in [2.24, 2.45) is 0 Å². The van der Waals surface area contributed by atoms with Gasteiger partial charge in [0.1, 0.15) is 0 Å². The molecule has 5 heteroatoms. The zero-order valence-electron chi connectivity index (χ0n) is 24.6. The van der Waals surface area contributed by atoms with Gasteiger partial charge >= 0.3 is 0 Å². The fraction of sp³-hybridized carbons (Fsp3) is 0.103. The van der Waals surface area contributed by atoms with Crippen molar-refractivity contribution in [3.05, 3.63) is 167 Å². The van der Waals surface area contributed by atoms with Crippen molar-refractivity contribution in [2.75, 3.05) is 0 Å². The highest BCUT2D eigenvalue weighted by Crippen LogP contribution is 2.31. The van der Waals surface area contributed by atoms with Crippen LogP contribution in [0.25, 0.3) is 21.5 Å². The molecule has 0 saturated heterocycles. The molecule has 3 amide bonds. The lowest BCUT2D eigenvalue weighted by atomic mass is 9.96. The molecular weight excluding hydrogens is 544 g/mol. The highest BCUT2D eigenvalue weighted by atomic mass is 16.2. The third-order valence-electron chi connectivity index (χ3n) is 8.17. The quantitative estimate of drug-likeness (QED) is 0.194. The molecule has 0 heterocycles. The molecule has 0 unspecified atom stereocenters. The van der Waals surface area contributed by atoms with E-state index in [1.165, 1.54) is 4.90 Å². The summed E-state index contributed by atoms with van der Waals surface area (Å²) in [5.74, 6) is -1.05. The van der Waals surface area contributed by atoms with E-state index >= 15 is 0 Å². The van der Waals surface area contributed by atoms with Gasteiger partial charge in [-0.05, 0) is 64.7 Å². The first kappa shape index (κ1) is 28.6. The van der Waals surface area contributed by atoms with Crippen LogP contribution < -0.4 is 5.32 Å². The monoisotopic (exact) mass is 576 g/mol. The zero-order chi connectivity index (χ0) is 30.6. The maximum absolute atomic E-state index is 14.6. The number of carbonyl (C=O) groups is 3. The van der Waals surface area contributed by atoms with Crippen molar-refractivity contribution in [1.82, 2.24) is 10.2 Å². The minimum Gasteiger partial charge on any atom is -0.345 e. The largest absolute Gasteiger partial charge is 0.345 e. The van der Waals surface area contributed by atoms with E-state index in [1.54, 1.807) is 18.2 Å². The SMILES string of the molecule is C[C@H](NC(=O)c1ccc(C(=O)N(C(=O)c2cccc3ccccc23)[C@@H](C)c2ccccc2)c2ccccc12)c1ccccc1. The maximum Gasteiger partial charge on any atom is 0.261 e. The minimum atomic E-state index is -0.552. The fourth-order valence-electron chi connectivity index (χ4n) is 5.78. The lowest BCUT2D eigenvalue weighted by Crippen LogP contribution is -2.39. The van der Waals surface area contributed by atoms with Crippen molar-refractivity contribution >= 4 is 39.3 Å². The van der Waals surface area contributed by atoms with E-state index in [0.29, 0.717) is 27.5 Å². The molecule has 0 spiro atoms. The second-order valence-electron chi connectivity index (χ2n) is 10.9. The van der Waals surface area contributed by atoms with Gasteiger partial charge < -0.3 is 5.32 Å². The van der Waals surface area contributed by atoms with Crippen LogP contribution in [-0.2, 0) is 0 Å². The Bertz CT molecular complexity index is 1980. The summed E-state index contributed by atoms with van der Waals surface area (Å²) < 4.78 is 0. The molecule has 2 atom stereocenters. The van der Waals surface area contributed by atoms with Gasteiger partial charge in [0.05, 0.1) is 12.1 Å². The van der Waals surface area contributed by atoms with Gasteiger partial charge in [0.25, 0.3) is 17.7 Å². The first-order valence-electron chi connectivity index (χ1n) is 14.7. The molecule has 0 fully saturated rings. The van der Waals surface area contributed by atoms with Crippen LogP contribution in [0.15, 0.2) is 140 Å². The molecule has 0 aromatic heterocycles. The van der Waals surface area contributed by atoms with Gasteiger partial charge in [-0.2, -0.15) is 0 Å². The van der Waals surface area contributed by atoms with Crippen LogP contribution in [0.2, 0.25) is 0 Å². The highest BCUT2D eigenvalue weighted by molar-refractivity contribution is 6.20. The smallest absolute Gasteiger partial charge is 0.261 e. The Kier molecular flexibility index (Phi) is 8.02. The summed E-state index contributed by atoms with van der Waals surface area (Å²) in [7, 11) is 0. The number of fused-ring (bicyclic) bond motifs is 2. The minimum absolute atomic E-state index is 0.204. The number of hydrogen-bond acceptors (Lipinski definition) is 3. The second-order valence-corrected chi connectivity index (χ2v) is 10.9. The van der Waals surface area contributed by atoms with Crippen LogP contribution >= 0.6 is 0 Å². The standard InChI is InChI=1S/C39H32N2O3/c1-26(28-14-5-3-6-15-28)40-37(42)34-24-25-36(33-22-12-11-21-32(33)34)39(44)41(27(2)29-16-7-4-8-17-29)38(43)35-23-13-19-30-18-9-10-20-31(30)35/h3-27H,1-2H3,(H,40,42)/t26-,27-/m0/s1. The topological polar surface area (TPSA) is 66.5 Å². The summed E-state index contributed by atoms with van der Waals surface area (Å²) in [4.78, 5) is 43.8. The number of hydrogen-bond donors (Lipinski definition) is 1. The number of imide groups is 1. The fourth-order valence-corrected chi connectivity index (χ4v) is 5.78. The number of nitrogens with zero attached hydrogens (tertiary/aromatic N) is 1. The van der Waals surface area contributed by atoms with E-state index < -0.39 is 11.9 Å². The molecule has 0 aliphatic carbocycles. The Morgan fingerprint density at radius 1 is 0.500 bits per heavy atom. The molecule has 1 N–H and O–H groups in total. The van der Waals surface area contributed by atoms with Crippen LogP contribution in [0, 0.1) is 0 Å². The molecular formula is C39H32N2O3. The lowest BCUT2D eigenvalue weighted by Gasteiger charge is -2.29. The Morgan fingerprint density at radius 2 is 0.977 bits per heavy atom. The van der Waals surface area contributed by atoms with Crippen molar-refractivity contribution < 1.29 is 14.4 Å². The second kappa shape index (κ2) is 12.4. The molecule has 44 heavy (non-hydrogen) atoms. The summed E-state index contributed by atoms with van der Waals surface area (Å²) >= 11 is 0. The molecule has 216 valence electrons. The number of rotatable bonds is 7. The van der Waals surface area contributed by atoms with Crippen molar-refractivity contribution in [1.29, 1.82) is 0 Å². The van der Waals surface area contributed by atoms with Crippen LogP contribution in [0.1, 0.15) is 68.1 Å². The average molecular weight is 577 g/mol. The predicted octanol–water partition coefficient (Wildman–Crippen LogP) is 8.53. The van der Waals surface area contributed by atoms with E-state index in [1.807, 2.05) is 135 Å². The number of amides is 3. The Morgan fingerprint density at radius 3 is 1.64 bits per heavy atom. The molecule has 0 aliphatic rings. The Labute approximate surface area is 256 Å². The number of benzene rings is 6. The Hall–Kier alpha value is -5.55. The van der Waals surface area contributed by atoms with Crippen molar-refractivity contribution in [3.8, 4) is 0 Å². The van der Waals surface area contributed by atoms with E-state index in [2.05, 4.69) is 5.32 Å². The lowest BCUT2D eigenvalue weighted by molar-refractivity contribution is 0.0557. The third-order valence-corrected chi connectivity index (χ3v) is 8.17. The summed E-state index contributed by atoms with van der Waals surface area (Å²) in [6.07, 6.45) is 0. The van der Waals surface area contributed by atoms with Gasteiger partial charge in [0.15, 0.2) is 0 Å². The van der Waals surface area contributed by atoms with E-state index in [-0.39, 0.29) is 17.9 Å². The van der Waals surface area contributed by atoms with E-state index in [4.69, 9.17) is 0 Å². The zero-order valence-corrected chi connectivity index (χ0v) is 24.6. The van der Waals surface area contributed by atoms with Gasteiger partial charge in [-0.1, -0.05) is 121 Å². The average Bonchev–Trinajstić information content (AvgIpc) is 3.08. The van der Waals surface area contributed by atoms with E-state index in [0.717, 1.165) is 21.9 Å².